The highest BCUT2D eigenvalue weighted by Gasteiger charge is 2.47. The van der Waals surface area contributed by atoms with Gasteiger partial charge in [0.1, 0.15) is 23.1 Å². The molecule has 1 amide bonds. The third kappa shape index (κ3) is 4.01. The molecule has 0 aromatic heterocycles. The lowest BCUT2D eigenvalue weighted by Crippen LogP contribution is -2.29. The molecule has 1 atom stereocenters. The zero-order chi connectivity index (χ0) is 23.9. The lowest BCUT2D eigenvalue weighted by atomic mass is 9.94. The van der Waals surface area contributed by atoms with Crippen molar-refractivity contribution >= 4 is 46.3 Å². The van der Waals surface area contributed by atoms with Gasteiger partial charge >= 0.3 is 0 Å². The zero-order valence-corrected chi connectivity index (χ0v) is 18.6. The first-order valence-corrected chi connectivity index (χ1v) is 10.4. The molecule has 1 heterocycles. The summed E-state index contributed by atoms with van der Waals surface area (Å²) in [6, 6.07) is 12.6. The summed E-state index contributed by atoms with van der Waals surface area (Å²) in [6.45, 7) is 0. The smallest absolute Gasteiger partial charge is 0.300 e. The lowest BCUT2D eigenvalue weighted by Gasteiger charge is -2.25. The molecule has 2 N–H and O–H groups in total. The number of ketones is 1. The molecule has 3 aromatic carbocycles. The van der Waals surface area contributed by atoms with Gasteiger partial charge in [0, 0.05) is 10.7 Å². The number of aliphatic hydroxyl groups excluding tert-OH is 1. The van der Waals surface area contributed by atoms with Crippen LogP contribution in [-0.2, 0) is 9.59 Å². The molecule has 33 heavy (non-hydrogen) atoms. The van der Waals surface area contributed by atoms with Crippen LogP contribution >= 0.6 is 23.2 Å². The number of anilines is 1. The van der Waals surface area contributed by atoms with E-state index in [0.29, 0.717) is 5.56 Å². The van der Waals surface area contributed by atoms with Crippen LogP contribution < -0.4 is 9.64 Å². The van der Waals surface area contributed by atoms with Gasteiger partial charge in [-0.2, -0.15) is 0 Å². The molecule has 0 aliphatic carbocycles. The number of hydrogen-bond donors (Lipinski definition) is 2. The van der Waals surface area contributed by atoms with E-state index >= 15 is 0 Å². The summed E-state index contributed by atoms with van der Waals surface area (Å²) in [5, 5.41) is 21.5. The van der Waals surface area contributed by atoms with Crippen molar-refractivity contribution in [2.45, 2.75) is 6.04 Å². The van der Waals surface area contributed by atoms with E-state index in [9.17, 15) is 24.2 Å². The van der Waals surface area contributed by atoms with Crippen molar-refractivity contribution in [3.63, 3.8) is 0 Å². The quantitative estimate of drug-likeness (QED) is 0.289. The number of phenolic OH excluding ortho intramolecular Hbond substituents is 1. The molecule has 0 bridgehead atoms. The molecule has 1 saturated heterocycles. The topological polar surface area (TPSA) is 87.1 Å². The molecule has 1 aliphatic heterocycles. The standard InChI is InChI=1S/C24H16Cl2FNO5/c1-33-23-17(9-13(25)10-18(23)26)21(30)19-20(12-4-2-7-16(29)8-12)28(24(32)22(19)31)15-6-3-5-14(27)11-15/h2-11,20,29-30H,1H3/b21-19+. The number of ether oxygens (including phenoxy) is 1. The molecule has 3 aromatic rings. The highest BCUT2D eigenvalue weighted by Crippen LogP contribution is 2.45. The van der Waals surface area contributed by atoms with Crippen LogP contribution in [-0.4, -0.2) is 29.0 Å². The summed E-state index contributed by atoms with van der Waals surface area (Å²) in [6.07, 6.45) is 0. The second-order valence-corrected chi connectivity index (χ2v) is 8.06. The number of carbonyl (C=O) groups is 2. The normalized spacial score (nSPS) is 17.5. The molecule has 1 unspecified atom stereocenters. The average molecular weight is 488 g/mol. The molecule has 0 radical (unpaired) electrons. The van der Waals surface area contributed by atoms with Crippen LogP contribution in [0.2, 0.25) is 10.0 Å². The maximum atomic E-state index is 14.0. The van der Waals surface area contributed by atoms with E-state index in [4.69, 9.17) is 27.9 Å². The van der Waals surface area contributed by atoms with Crippen LogP contribution in [0.25, 0.3) is 5.76 Å². The molecule has 4 rings (SSSR count). The predicted octanol–water partition coefficient (Wildman–Crippen LogP) is 5.47. The summed E-state index contributed by atoms with van der Waals surface area (Å²) in [5.41, 5.74) is 0.108. The number of benzene rings is 3. The van der Waals surface area contributed by atoms with E-state index < -0.39 is 29.3 Å². The summed E-state index contributed by atoms with van der Waals surface area (Å²) < 4.78 is 19.3. The Kier molecular flexibility index (Phi) is 6.01. The van der Waals surface area contributed by atoms with Gasteiger partial charge in [-0.3, -0.25) is 14.5 Å². The number of halogens is 3. The van der Waals surface area contributed by atoms with Crippen molar-refractivity contribution in [2.24, 2.45) is 0 Å². The highest BCUT2D eigenvalue weighted by molar-refractivity contribution is 6.51. The number of hydrogen-bond acceptors (Lipinski definition) is 5. The Morgan fingerprint density at radius 3 is 2.45 bits per heavy atom. The summed E-state index contributed by atoms with van der Waals surface area (Å²) >= 11 is 12.3. The fourth-order valence-corrected chi connectivity index (χ4v) is 4.39. The van der Waals surface area contributed by atoms with Crippen molar-refractivity contribution in [2.75, 3.05) is 12.0 Å². The van der Waals surface area contributed by atoms with E-state index in [2.05, 4.69) is 0 Å². The number of aliphatic hydroxyl groups is 1. The highest BCUT2D eigenvalue weighted by atomic mass is 35.5. The number of Topliss-reactive ketones (excluding diaryl/α,β-unsaturated/α-hetero) is 1. The largest absolute Gasteiger partial charge is 0.508 e. The van der Waals surface area contributed by atoms with Crippen molar-refractivity contribution in [1.29, 1.82) is 0 Å². The van der Waals surface area contributed by atoms with Crippen molar-refractivity contribution in [1.82, 2.24) is 0 Å². The Hall–Kier alpha value is -3.55. The average Bonchev–Trinajstić information content (AvgIpc) is 3.03. The third-order valence-electron chi connectivity index (χ3n) is 5.18. The van der Waals surface area contributed by atoms with E-state index in [1.807, 2.05) is 0 Å². The summed E-state index contributed by atoms with van der Waals surface area (Å²) in [4.78, 5) is 27.3. The maximum absolute atomic E-state index is 14.0. The van der Waals surface area contributed by atoms with Gasteiger partial charge < -0.3 is 14.9 Å². The SMILES string of the molecule is COc1c(Cl)cc(Cl)cc1/C(O)=C1\C(=O)C(=O)N(c2cccc(F)c2)C1c1cccc(O)c1. The Bertz CT molecular complexity index is 1320. The van der Waals surface area contributed by atoms with E-state index in [1.54, 1.807) is 6.07 Å². The first-order valence-electron chi connectivity index (χ1n) is 9.61. The summed E-state index contributed by atoms with van der Waals surface area (Å²) in [7, 11) is 1.32. The van der Waals surface area contributed by atoms with Gasteiger partial charge in [0.05, 0.1) is 29.3 Å². The first-order chi connectivity index (χ1) is 15.7. The molecular formula is C24H16Cl2FNO5. The van der Waals surface area contributed by atoms with Gasteiger partial charge in [-0.25, -0.2) is 4.39 Å². The fraction of sp³-hybridized carbons (Fsp3) is 0.0833. The Labute approximate surface area is 198 Å². The van der Waals surface area contributed by atoms with Crippen molar-refractivity contribution < 1.29 is 28.9 Å². The monoisotopic (exact) mass is 487 g/mol. The second kappa shape index (κ2) is 8.77. The Balaban J connectivity index is 2.02. The van der Waals surface area contributed by atoms with E-state index in [0.717, 1.165) is 11.0 Å². The minimum Gasteiger partial charge on any atom is -0.508 e. The molecule has 168 valence electrons. The first kappa shape index (κ1) is 22.6. The van der Waals surface area contributed by atoms with Crippen LogP contribution in [0.3, 0.4) is 0 Å². The molecule has 1 aliphatic rings. The number of aromatic hydroxyl groups is 1. The predicted molar refractivity (Wildman–Crippen MR) is 122 cm³/mol. The van der Waals surface area contributed by atoms with Crippen LogP contribution in [0, 0.1) is 5.82 Å². The van der Waals surface area contributed by atoms with Crippen LogP contribution in [0.1, 0.15) is 17.2 Å². The van der Waals surface area contributed by atoms with Gasteiger partial charge in [-0.05, 0) is 48.0 Å². The number of amides is 1. The lowest BCUT2D eigenvalue weighted by molar-refractivity contribution is -0.132. The molecular weight excluding hydrogens is 472 g/mol. The third-order valence-corrected chi connectivity index (χ3v) is 5.68. The molecule has 9 heteroatoms. The van der Waals surface area contributed by atoms with E-state index in [-0.39, 0.29) is 38.4 Å². The van der Waals surface area contributed by atoms with Crippen LogP contribution in [0.15, 0.2) is 66.2 Å². The number of methoxy groups -OCH3 is 1. The fourth-order valence-electron chi connectivity index (χ4n) is 3.82. The molecule has 1 fully saturated rings. The number of carbonyl (C=O) groups excluding carboxylic acids is 2. The summed E-state index contributed by atoms with van der Waals surface area (Å²) in [5.74, 6) is -3.27. The van der Waals surface area contributed by atoms with Gasteiger partial charge in [0.2, 0.25) is 0 Å². The zero-order valence-electron chi connectivity index (χ0n) is 17.1. The number of rotatable bonds is 4. The van der Waals surface area contributed by atoms with Crippen molar-refractivity contribution in [3.05, 3.63) is 93.2 Å². The Morgan fingerprint density at radius 1 is 1.06 bits per heavy atom. The van der Waals surface area contributed by atoms with E-state index in [1.165, 1.54) is 55.6 Å². The second-order valence-electron chi connectivity index (χ2n) is 7.21. The minimum atomic E-state index is -1.18. The molecule has 6 nitrogen and oxygen atoms in total. The van der Waals surface area contributed by atoms with Crippen LogP contribution in [0.5, 0.6) is 11.5 Å². The van der Waals surface area contributed by atoms with Gasteiger partial charge in [-0.15, -0.1) is 0 Å². The Morgan fingerprint density at radius 2 is 1.79 bits per heavy atom. The number of nitrogens with zero attached hydrogens (tertiary/aromatic N) is 1. The maximum Gasteiger partial charge on any atom is 0.300 e. The molecule has 0 saturated carbocycles. The minimum absolute atomic E-state index is 0.00241. The van der Waals surface area contributed by atoms with Gasteiger partial charge in [0.15, 0.2) is 0 Å². The van der Waals surface area contributed by atoms with Gasteiger partial charge in [0.25, 0.3) is 11.7 Å². The van der Waals surface area contributed by atoms with Crippen LogP contribution in [0.4, 0.5) is 10.1 Å². The van der Waals surface area contributed by atoms with Gasteiger partial charge in [-0.1, -0.05) is 41.4 Å². The number of phenols is 1. The molecule has 0 spiro atoms. The van der Waals surface area contributed by atoms with Crippen molar-refractivity contribution in [3.8, 4) is 11.5 Å².